The van der Waals surface area contributed by atoms with E-state index in [0.717, 1.165) is 50.4 Å². The van der Waals surface area contributed by atoms with E-state index in [0.29, 0.717) is 5.56 Å². The summed E-state index contributed by atoms with van der Waals surface area (Å²) in [4.78, 5) is 30.5. The summed E-state index contributed by atoms with van der Waals surface area (Å²) in [5.41, 5.74) is 3.07. The first-order valence-corrected chi connectivity index (χ1v) is 9.24. The Bertz CT molecular complexity index is 829. The van der Waals surface area contributed by atoms with Crippen molar-refractivity contribution in [3.05, 3.63) is 47.2 Å². The molecular formula is C20H25N5O. The predicted molar refractivity (Wildman–Crippen MR) is 100 cm³/mol. The number of fused-ring (bicyclic) bond motifs is 2. The van der Waals surface area contributed by atoms with Crippen molar-refractivity contribution in [2.24, 2.45) is 0 Å². The first-order valence-electron chi connectivity index (χ1n) is 9.24. The van der Waals surface area contributed by atoms with Gasteiger partial charge in [-0.3, -0.25) is 4.79 Å². The topological polar surface area (TPSA) is 62.2 Å². The lowest BCUT2D eigenvalue weighted by Gasteiger charge is -2.40. The number of pyridine rings is 1. The summed E-state index contributed by atoms with van der Waals surface area (Å²) in [5.74, 6) is 1.74. The molecule has 1 saturated heterocycles. The number of piperidine rings is 1. The molecule has 2 aliphatic rings. The Morgan fingerprint density at radius 1 is 1.19 bits per heavy atom. The number of hydrogen-bond acceptors (Lipinski definition) is 5. The average molecular weight is 351 g/mol. The molecule has 0 radical (unpaired) electrons. The number of likely N-dealkylation sites (tertiary alicyclic amines) is 1. The zero-order valence-corrected chi connectivity index (χ0v) is 15.7. The maximum atomic E-state index is 13.0. The largest absolute Gasteiger partial charge is 0.363 e. The summed E-state index contributed by atoms with van der Waals surface area (Å²) in [5, 5.41) is 0. The van der Waals surface area contributed by atoms with Crippen LogP contribution in [0.4, 0.5) is 5.82 Å². The Balaban J connectivity index is 1.58. The number of rotatable bonds is 2. The van der Waals surface area contributed by atoms with Gasteiger partial charge in [-0.25, -0.2) is 15.0 Å². The minimum absolute atomic E-state index is 0.00600. The Morgan fingerprint density at radius 3 is 2.77 bits per heavy atom. The van der Waals surface area contributed by atoms with Gasteiger partial charge < -0.3 is 9.80 Å². The van der Waals surface area contributed by atoms with Crippen LogP contribution in [0.25, 0.3) is 0 Å². The van der Waals surface area contributed by atoms with Gasteiger partial charge in [-0.2, -0.15) is 0 Å². The zero-order chi connectivity index (χ0) is 18.3. The second kappa shape index (κ2) is 6.34. The number of nitrogens with zero attached hydrogens (tertiary/aromatic N) is 5. The lowest BCUT2D eigenvalue weighted by atomic mass is 9.77. The van der Waals surface area contributed by atoms with E-state index in [1.165, 1.54) is 11.3 Å². The van der Waals surface area contributed by atoms with E-state index in [-0.39, 0.29) is 11.3 Å². The Labute approximate surface area is 154 Å². The van der Waals surface area contributed by atoms with Crippen molar-refractivity contribution < 1.29 is 4.79 Å². The Morgan fingerprint density at radius 2 is 2.04 bits per heavy atom. The van der Waals surface area contributed by atoms with Gasteiger partial charge in [0.05, 0.1) is 11.3 Å². The molecule has 6 nitrogen and oxygen atoms in total. The maximum Gasteiger partial charge on any atom is 0.255 e. The van der Waals surface area contributed by atoms with E-state index in [1.807, 2.05) is 49.1 Å². The van der Waals surface area contributed by atoms with Crippen molar-refractivity contribution >= 4 is 11.7 Å². The van der Waals surface area contributed by atoms with Crippen LogP contribution in [-0.2, 0) is 11.8 Å². The van der Waals surface area contributed by atoms with Crippen LogP contribution in [0, 0.1) is 6.92 Å². The fraction of sp³-hybridized carbons (Fsp3) is 0.500. The van der Waals surface area contributed by atoms with Gasteiger partial charge in [-0.1, -0.05) is 0 Å². The summed E-state index contributed by atoms with van der Waals surface area (Å²) >= 11 is 0. The van der Waals surface area contributed by atoms with Gasteiger partial charge in [-0.15, -0.1) is 0 Å². The van der Waals surface area contributed by atoms with Crippen LogP contribution >= 0.6 is 0 Å². The predicted octanol–water partition coefficient (Wildman–Crippen LogP) is 2.37. The molecule has 0 bridgehead atoms. The first kappa shape index (κ1) is 16.9. The van der Waals surface area contributed by atoms with Crippen LogP contribution in [0.2, 0.25) is 0 Å². The number of carbonyl (C=O) groups is 1. The van der Waals surface area contributed by atoms with Gasteiger partial charge in [0.1, 0.15) is 11.6 Å². The van der Waals surface area contributed by atoms with Gasteiger partial charge in [0, 0.05) is 45.0 Å². The van der Waals surface area contributed by atoms with Crippen molar-refractivity contribution in [3.8, 4) is 0 Å². The molecule has 1 amide bonds. The van der Waals surface area contributed by atoms with Crippen molar-refractivity contribution in [3.63, 3.8) is 0 Å². The van der Waals surface area contributed by atoms with Crippen LogP contribution in [0.15, 0.2) is 24.5 Å². The number of amides is 1. The molecule has 4 rings (SSSR count). The highest BCUT2D eigenvalue weighted by Crippen LogP contribution is 2.44. The van der Waals surface area contributed by atoms with Crippen molar-refractivity contribution in [1.82, 2.24) is 19.9 Å². The molecule has 3 heterocycles. The highest BCUT2D eigenvalue weighted by molar-refractivity contribution is 5.94. The second-order valence-corrected chi connectivity index (χ2v) is 7.70. The summed E-state index contributed by atoms with van der Waals surface area (Å²) in [6.45, 7) is 3.48. The standard InChI is InChI=1S/C20H25N5O/c1-14-21-11-15-7-9-20(18(15)23-14)8-4-10-25(13-20)19(26)16-5-6-17(22-12-16)24(2)3/h5-6,11-12H,4,7-10,13H2,1-3H3. The molecule has 2 aromatic rings. The van der Waals surface area contributed by atoms with Crippen LogP contribution in [0.5, 0.6) is 0 Å². The highest BCUT2D eigenvalue weighted by Gasteiger charge is 2.44. The minimum Gasteiger partial charge on any atom is -0.363 e. The smallest absolute Gasteiger partial charge is 0.255 e. The molecule has 1 fully saturated rings. The molecule has 1 aliphatic carbocycles. The minimum atomic E-state index is -0.00600. The van der Waals surface area contributed by atoms with Gasteiger partial charge in [0.15, 0.2) is 0 Å². The fourth-order valence-electron chi connectivity index (χ4n) is 4.29. The fourth-order valence-corrected chi connectivity index (χ4v) is 4.29. The van der Waals surface area contributed by atoms with E-state index in [9.17, 15) is 4.79 Å². The number of carbonyl (C=O) groups excluding carboxylic acids is 1. The van der Waals surface area contributed by atoms with Gasteiger partial charge >= 0.3 is 0 Å². The van der Waals surface area contributed by atoms with Gasteiger partial charge in [0.2, 0.25) is 0 Å². The van der Waals surface area contributed by atoms with Gasteiger partial charge in [-0.05, 0) is 50.3 Å². The molecular weight excluding hydrogens is 326 g/mol. The summed E-state index contributed by atoms with van der Waals surface area (Å²) in [6.07, 6.45) is 7.83. The summed E-state index contributed by atoms with van der Waals surface area (Å²) < 4.78 is 0. The van der Waals surface area contributed by atoms with Crippen LogP contribution in [-0.4, -0.2) is 52.9 Å². The molecule has 1 atom stereocenters. The van der Waals surface area contributed by atoms with E-state index in [1.54, 1.807) is 6.20 Å². The maximum absolute atomic E-state index is 13.0. The molecule has 0 N–H and O–H groups in total. The summed E-state index contributed by atoms with van der Waals surface area (Å²) in [7, 11) is 3.89. The molecule has 0 aromatic carbocycles. The molecule has 2 aromatic heterocycles. The third-order valence-corrected chi connectivity index (χ3v) is 5.68. The van der Waals surface area contributed by atoms with Crippen molar-refractivity contribution in [1.29, 1.82) is 0 Å². The molecule has 0 saturated carbocycles. The number of hydrogen-bond donors (Lipinski definition) is 0. The number of aromatic nitrogens is 3. The lowest BCUT2D eigenvalue weighted by molar-refractivity contribution is 0.0633. The second-order valence-electron chi connectivity index (χ2n) is 7.70. The lowest BCUT2D eigenvalue weighted by Crippen LogP contribution is -2.48. The molecule has 6 heteroatoms. The first-order chi connectivity index (χ1) is 12.5. The van der Waals surface area contributed by atoms with E-state index in [4.69, 9.17) is 4.98 Å². The van der Waals surface area contributed by atoms with E-state index >= 15 is 0 Å². The van der Waals surface area contributed by atoms with Crippen LogP contribution in [0.3, 0.4) is 0 Å². The van der Waals surface area contributed by atoms with E-state index < -0.39 is 0 Å². The highest BCUT2D eigenvalue weighted by atomic mass is 16.2. The third kappa shape index (κ3) is 2.83. The molecule has 1 aliphatic heterocycles. The molecule has 1 unspecified atom stereocenters. The molecule has 136 valence electrons. The van der Waals surface area contributed by atoms with Crippen LogP contribution < -0.4 is 4.90 Å². The zero-order valence-electron chi connectivity index (χ0n) is 15.7. The quantitative estimate of drug-likeness (QED) is 0.831. The average Bonchev–Trinajstić information content (AvgIpc) is 2.98. The monoisotopic (exact) mass is 351 g/mol. The normalized spacial score (nSPS) is 21.7. The van der Waals surface area contributed by atoms with Gasteiger partial charge in [0.25, 0.3) is 5.91 Å². The third-order valence-electron chi connectivity index (χ3n) is 5.68. The SMILES string of the molecule is Cc1ncc2c(n1)C1(CCCN(C(=O)c3ccc(N(C)C)nc3)C1)CC2. The number of aryl methyl sites for hydroxylation is 2. The Hall–Kier alpha value is -2.50. The Kier molecular flexibility index (Phi) is 4.13. The van der Waals surface area contributed by atoms with E-state index in [2.05, 4.69) is 9.97 Å². The molecule has 26 heavy (non-hydrogen) atoms. The van der Waals surface area contributed by atoms with Crippen molar-refractivity contribution in [2.75, 3.05) is 32.1 Å². The number of anilines is 1. The van der Waals surface area contributed by atoms with Crippen molar-refractivity contribution in [2.45, 2.75) is 38.0 Å². The van der Waals surface area contributed by atoms with Crippen LogP contribution in [0.1, 0.15) is 46.7 Å². The summed E-state index contributed by atoms with van der Waals surface area (Å²) in [6, 6.07) is 3.77. The molecule has 1 spiro atoms.